The molecule has 148 valence electrons. The number of carbonyl (C=O) groups excluding carboxylic acids is 1. The Morgan fingerprint density at radius 3 is 2.66 bits per heavy atom. The van der Waals surface area contributed by atoms with E-state index in [-0.39, 0.29) is 5.57 Å². The van der Waals surface area contributed by atoms with Crippen molar-refractivity contribution in [2.24, 2.45) is 0 Å². The number of carboxylic acids is 1. The molecule has 0 aliphatic carbocycles. The van der Waals surface area contributed by atoms with Gasteiger partial charge in [0.1, 0.15) is 0 Å². The molecule has 0 unspecified atom stereocenters. The van der Waals surface area contributed by atoms with Gasteiger partial charge in [0.15, 0.2) is 5.71 Å². The van der Waals surface area contributed by atoms with E-state index in [2.05, 4.69) is 16.7 Å². The lowest BCUT2D eigenvalue weighted by atomic mass is 10.0. The van der Waals surface area contributed by atoms with Crippen molar-refractivity contribution in [3.63, 3.8) is 0 Å². The molecule has 29 heavy (non-hydrogen) atoms. The van der Waals surface area contributed by atoms with Gasteiger partial charge in [0.2, 0.25) is 0 Å². The predicted molar refractivity (Wildman–Crippen MR) is 115 cm³/mol. The topological polar surface area (TPSA) is 102 Å². The second-order valence-corrected chi connectivity index (χ2v) is 6.74. The third kappa shape index (κ3) is 5.42. The van der Waals surface area contributed by atoms with Crippen LogP contribution < -0.4 is 10.6 Å². The smallest absolute Gasteiger partial charge is 0.354 e. The number of rotatable bonds is 6. The van der Waals surface area contributed by atoms with E-state index in [0.717, 1.165) is 37.1 Å². The minimum atomic E-state index is -1.45. The molecule has 2 aromatic carbocycles. The molecule has 0 spiro atoms. The van der Waals surface area contributed by atoms with Gasteiger partial charge in [0.25, 0.3) is 5.91 Å². The van der Waals surface area contributed by atoms with E-state index >= 15 is 0 Å². The highest BCUT2D eigenvalue weighted by molar-refractivity contribution is 6.48. The number of para-hydroxylation sites is 1. The summed E-state index contributed by atoms with van der Waals surface area (Å²) in [5.74, 6) is -2.09. The van der Waals surface area contributed by atoms with Crippen LogP contribution in [0.4, 0.5) is 11.4 Å². The summed E-state index contributed by atoms with van der Waals surface area (Å²) in [5, 5.41) is 23.0. The first-order chi connectivity index (χ1) is 14.0. The molecule has 0 saturated carbocycles. The fourth-order valence-electron chi connectivity index (χ4n) is 3.12. The molecule has 1 heterocycles. The zero-order valence-electron chi connectivity index (χ0n) is 15.9. The van der Waals surface area contributed by atoms with Crippen LogP contribution in [-0.2, 0) is 16.0 Å². The van der Waals surface area contributed by atoms with Gasteiger partial charge in [0.05, 0.1) is 5.57 Å². The van der Waals surface area contributed by atoms with Gasteiger partial charge in [-0.15, -0.1) is 0 Å². The van der Waals surface area contributed by atoms with E-state index in [0.29, 0.717) is 5.69 Å². The third-order valence-corrected chi connectivity index (χ3v) is 4.63. The van der Waals surface area contributed by atoms with Gasteiger partial charge in [0, 0.05) is 17.9 Å². The number of anilines is 2. The SMILES string of the molecule is N=C(C(=O)O)/C(=C/C=C/c1ccc2c(c1)CCCCN2)C(=O)Nc1ccccc1. The maximum Gasteiger partial charge on any atom is 0.354 e. The summed E-state index contributed by atoms with van der Waals surface area (Å²) in [6.45, 7) is 0.974. The van der Waals surface area contributed by atoms with Crippen molar-refractivity contribution in [2.75, 3.05) is 17.2 Å². The van der Waals surface area contributed by atoms with Crippen LogP contribution in [0, 0.1) is 5.41 Å². The number of aliphatic carboxylic acids is 1. The number of hydrogen-bond donors (Lipinski definition) is 4. The van der Waals surface area contributed by atoms with Crippen molar-refractivity contribution in [3.8, 4) is 0 Å². The Morgan fingerprint density at radius 2 is 1.90 bits per heavy atom. The number of carbonyl (C=O) groups is 2. The zero-order valence-corrected chi connectivity index (χ0v) is 15.9. The standard InChI is InChI=1S/C23H23N3O3/c24-21(23(28)29)19(22(27)26-18-9-2-1-3-10-18)11-6-7-16-12-13-20-17(15-16)8-4-5-14-25-20/h1-3,6-7,9-13,15,24-25H,4-5,8,14H2,(H,26,27)(H,28,29)/b7-6+,19-11-,24-21?. The van der Waals surface area contributed by atoms with Gasteiger partial charge in [-0.05, 0) is 60.7 Å². The summed E-state index contributed by atoms with van der Waals surface area (Å²) in [7, 11) is 0. The van der Waals surface area contributed by atoms with Crippen molar-refractivity contribution in [1.29, 1.82) is 5.41 Å². The number of aryl methyl sites for hydroxylation is 1. The van der Waals surface area contributed by atoms with E-state index in [1.165, 1.54) is 11.6 Å². The first-order valence-corrected chi connectivity index (χ1v) is 9.48. The molecule has 1 aliphatic rings. The highest BCUT2D eigenvalue weighted by Crippen LogP contribution is 2.23. The Balaban J connectivity index is 1.80. The number of benzene rings is 2. The molecular weight excluding hydrogens is 366 g/mol. The molecule has 0 fully saturated rings. The monoisotopic (exact) mass is 389 g/mol. The van der Waals surface area contributed by atoms with Gasteiger partial charge in [-0.25, -0.2) is 4.79 Å². The highest BCUT2D eigenvalue weighted by Gasteiger charge is 2.20. The largest absolute Gasteiger partial charge is 0.477 e. The minimum absolute atomic E-state index is 0.214. The van der Waals surface area contributed by atoms with Crippen LogP contribution in [0.3, 0.4) is 0 Å². The fraction of sp³-hybridized carbons (Fsp3) is 0.174. The molecule has 0 aromatic heterocycles. The molecule has 2 aromatic rings. The van der Waals surface area contributed by atoms with Crippen molar-refractivity contribution in [3.05, 3.63) is 77.4 Å². The van der Waals surface area contributed by atoms with Gasteiger partial charge in [-0.3, -0.25) is 10.2 Å². The average Bonchev–Trinajstić information content (AvgIpc) is 2.96. The van der Waals surface area contributed by atoms with Crippen LogP contribution in [0.25, 0.3) is 6.08 Å². The number of nitrogens with one attached hydrogen (secondary N) is 3. The molecule has 1 aliphatic heterocycles. The average molecular weight is 389 g/mol. The normalized spacial score (nSPS) is 13.9. The molecular formula is C23H23N3O3. The Labute approximate surface area is 169 Å². The molecule has 6 nitrogen and oxygen atoms in total. The maximum absolute atomic E-state index is 12.5. The van der Waals surface area contributed by atoms with Crippen LogP contribution >= 0.6 is 0 Å². The van der Waals surface area contributed by atoms with Crippen molar-refractivity contribution in [1.82, 2.24) is 0 Å². The summed E-state index contributed by atoms with van der Waals surface area (Å²) in [5.41, 5.74) is 2.90. The summed E-state index contributed by atoms with van der Waals surface area (Å²) >= 11 is 0. The highest BCUT2D eigenvalue weighted by atomic mass is 16.4. The van der Waals surface area contributed by atoms with Crippen molar-refractivity contribution >= 4 is 35.0 Å². The third-order valence-electron chi connectivity index (χ3n) is 4.63. The van der Waals surface area contributed by atoms with E-state index in [1.807, 2.05) is 18.2 Å². The lowest BCUT2D eigenvalue weighted by molar-refractivity contribution is -0.129. The second-order valence-electron chi connectivity index (χ2n) is 6.74. The van der Waals surface area contributed by atoms with E-state index < -0.39 is 17.6 Å². The Hall–Kier alpha value is -3.67. The molecule has 4 N–H and O–H groups in total. The van der Waals surface area contributed by atoms with E-state index in [1.54, 1.807) is 36.4 Å². The van der Waals surface area contributed by atoms with Gasteiger partial charge < -0.3 is 15.7 Å². The van der Waals surface area contributed by atoms with Gasteiger partial charge in [-0.1, -0.05) is 36.4 Å². The lowest BCUT2D eigenvalue weighted by Crippen LogP contribution is -2.25. The summed E-state index contributed by atoms with van der Waals surface area (Å²) in [6.07, 6.45) is 8.04. The van der Waals surface area contributed by atoms with Crippen LogP contribution in [-0.4, -0.2) is 29.2 Å². The lowest BCUT2D eigenvalue weighted by Gasteiger charge is -2.08. The maximum atomic E-state index is 12.5. The number of carboxylic acid groups (broad SMARTS) is 1. The molecule has 0 bridgehead atoms. The Morgan fingerprint density at radius 1 is 1.10 bits per heavy atom. The Bertz CT molecular complexity index is 978. The van der Waals surface area contributed by atoms with Crippen LogP contribution in [0.5, 0.6) is 0 Å². The number of hydrogen-bond acceptors (Lipinski definition) is 4. The predicted octanol–water partition coefficient (Wildman–Crippen LogP) is 4.12. The second kappa shape index (κ2) is 9.50. The number of amides is 1. The summed E-state index contributed by atoms with van der Waals surface area (Å²) in [6, 6.07) is 14.8. The van der Waals surface area contributed by atoms with Gasteiger partial charge >= 0.3 is 5.97 Å². The molecule has 3 rings (SSSR count). The van der Waals surface area contributed by atoms with E-state index in [9.17, 15) is 9.59 Å². The Kier molecular flexibility index (Phi) is 6.58. The molecule has 6 heteroatoms. The van der Waals surface area contributed by atoms with E-state index in [4.69, 9.17) is 10.5 Å². The minimum Gasteiger partial charge on any atom is -0.477 e. The number of allylic oxidation sites excluding steroid dienone is 2. The number of fused-ring (bicyclic) bond motifs is 1. The van der Waals surface area contributed by atoms with Crippen LogP contribution in [0.2, 0.25) is 0 Å². The molecule has 0 saturated heterocycles. The fourth-order valence-corrected chi connectivity index (χ4v) is 3.12. The van der Waals surface area contributed by atoms with Gasteiger partial charge in [-0.2, -0.15) is 0 Å². The summed E-state index contributed by atoms with van der Waals surface area (Å²) < 4.78 is 0. The quantitative estimate of drug-likeness (QED) is 0.339. The van der Waals surface area contributed by atoms with Crippen molar-refractivity contribution < 1.29 is 14.7 Å². The first-order valence-electron chi connectivity index (χ1n) is 9.48. The van der Waals surface area contributed by atoms with Crippen LogP contribution in [0.15, 0.2) is 66.3 Å². The van der Waals surface area contributed by atoms with Crippen molar-refractivity contribution in [2.45, 2.75) is 19.3 Å². The molecule has 0 atom stereocenters. The molecule has 1 amide bonds. The first kappa shape index (κ1) is 20.1. The zero-order chi connectivity index (χ0) is 20.6. The van der Waals surface area contributed by atoms with Crippen LogP contribution in [0.1, 0.15) is 24.0 Å². The molecule has 0 radical (unpaired) electrons. The summed E-state index contributed by atoms with van der Waals surface area (Å²) in [4.78, 5) is 23.8.